The molecule has 3 nitrogen and oxygen atoms in total. The summed E-state index contributed by atoms with van der Waals surface area (Å²) in [6, 6.07) is 1.99. The molecule has 0 spiro atoms. The maximum absolute atomic E-state index is 11.6. The van der Waals surface area contributed by atoms with Gasteiger partial charge in [-0.05, 0) is 13.0 Å². The molecule has 15 heavy (non-hydrogen) atoms. The van der Waals surface area contributed by atoms with Gasteiger partial charge in [0.15, 0.2) is 0 Å². The van der Waals surface area contributed by atoms with Crippen molar-refractivity contribution in [3.8, 4) is 6.07 Å². The summed E-state index contributed by atoms with van der Waals surface area (Å²) in [5, 5.41) is 8.41. The van der Waals surface area contributed by atoms with Crippen molar-refractivity contribution in [3.05, 3.63) is 0 Å². The van der Waals surface area contributed by atoms with Gasteiger partial charge in [0.2, 0.25) is 0 Å². The topological polar surface area (TPSA) is 36.3 Å². The molecular weight excluding hydrogens is 209 g/mol. The summed E-state index contributed by atoms with van der Waals surface area (Å²) in [7, 11) is 0. The van der Waals surface area contributed by atoms with Gasteiger partial charge in [0.05, 0.1) is 12.6 Å². The molecule has 0 aliphatic rings. The average molecular weight is 224 g/mol. The van der Waals surface area contributed by atoms with Crippen molar-refractivity contribution < 1.29 is 17.9 Å². The summed E-state index contributed by atoms with van der Waals surface area (Å²) in [6.07, 6.45) is -3.75. The van der Waals surface area contributed by atoms with Crippen LogP contribution in [0.15, 0.2) is 0 Å². The summed E-state index contributed by atoms with van der Waals surface area (Å²) >= 11 is 0. The van der Waals surface area contributed by atoms with Crippen LogP contribution in [0.4, 0.5) is 13.2 Å². The standard InChI is InChI=1S/C9H15F3N2O/c1-2-14(6-4-13)5-3-7-15-8-9(10,11)12/h2-3,5-8H2,1H3. The highest BCUT2D eigenvalue weighted by molar-refractivity contribution is 4.75. The quantitative estimate of drug-likeness (QED) is 0.488. The van der Waals surface area contributed by atoms with E-state index < -0.39 is 12.8 Å². The summed E-state index contributed by atoms with van der Waals surface area (Å²) < 4.78 is 39.4. The van der Waals surface area contributed by atoms with Crippen molar-refractivity contribution in [2.24, 2.45) is 0 Å². The highest BCUT2D eigenvalue weighted by atomic mass is 19.4. The van der Waals surface area contributed by atoms with Crippen molar-refractivity contribution in [3.63, 3.8) is 0 Å². The van der Waals surface area contributed by atoms with E-state index in [0.717, 1.165) is 0 Å². The van der Waals surface area contributed by atoms with E-state index in [1.807, 2.05) is 17.9 Å². The van der Waals surface area contributed by atoms with Gasteiger partial charge in [-0.3, -0.25) is 4.90 Å². The number of ether oxygens (including phenoxy) is 1. The van der Waals surface area contributed by atoms with Crippen molar-refractivity contribution in [1.82, 2.24) is 4.90 Å². The van der Waals surface area contributed by atoms with Crippen LogP contribution >= 0.6 is 0 Å². The molecule has 0 rings (SSSR count). The Morgan fingerprint density at radius 1 is 1.40 bits per heavy atom. The first-order chi connectivity index (χ1) is 6.99. The van der Waals surface area contributed by atoms with Crippen molar-refractivity contribution in [2.45, 2.75) is 19.5 Å². The molecule has 0 aliphatic heterocycles. The Balaban J connectivity index is 3.41. The van der Waals surface area contributed by atoms with Gasteiger partial charge >= 0.3 is 6.18 Å². The largest absolute Gasteiger partial charge is 0.411 e. The number of nitrogens with zero attached hydrogens (tertiary/aromatic N) is 2. The molecule has 0 aromatic carbocycles. The van der Waals surface area contributed by atoms with E-state index >= 15 is 0 Å². The Hall–Kier alpha value is -0.800. The molecule has 0 N–H and O–H groups in total. The molecule has 0 aromatic heterocycles. The Kier molecular flexibility index (Phi) is 7.09. The van der Waals surface area contributed by atoms with E-state index in [0.29, 0.717) is 26.1 Å². The van der Waals surface area contributed by atoms with Crippen LogP contribution in [0.25, 0.3) is 0 Å². The summed E-state index contributed by atoms with van der Waals surface area (Å²) in [5.74, 6) is 0. The molecule has 0 aromatic rings. The number of rotatable bonds is 7. The predicted octanol–water partition coefficient (Wildman–Crippen LogP) is 1.80. The molecule has 0 aliphatic carbocycles. The highest BCUT2D eigenvalue weighted by Crippen LogP contribution is 2.14. The van der Waals surface area contributed by atoms with Gasteiger partial charge in [-0.1, -0.05) is 6.92 Å². The van der Waals surface area contributed by atoms with Crippen LogP contribution < -0.4 is 0 Å². The lowest BCUT2D eigenvalue weighted by atomic mass is 10.4. The Morgan fingerprint density at radius 3 is 2.53 bits per heavy atom. The zero-order chi connectivity index (χ0) is 11.7. The van der Waals surface area contributed by atoms with Crippen LogP contribution in [0.5, 0.6) is 0 Å². The fourth-order valence-electron chi connectivity index (χ4n) is 1.03. The molecule has 0 heterocycles. The third-order valence-corrected chi connectivity index (χ3v) is 1.77. The van der Waals surface area contributed by atoms with E-state index in [-0.39, 0.29) is 6.61 Å². The lowest BCUT2D eigenvalue weighted by molar-refractivity contribution is -0.174. The number of halogens is 3. The maximum atomic E-state index is 11.6. The van der Waals surface area contributed by atoms with Crippen LogP contribution in [0.2, 0.25) is 0 Å². The third-order valence-electron chi connectivity index (χ3n) is 1.77. The fourth-order valence-corrected chi connectivity index (χ4v) is 1.03. The summed E-state index contributed by atoms with van der Waals surface area (Å²) in [5.41, 5.74) is 0. The van der Waals surface area contributed by atoms with E-state index in [9.17, 15) is 13.2 Å². The first kappa shape index (κ1) is 14.2. The molecular formula is C9H15F3N2O. The van der Waals surface area contributed by atoms with Crippen molar-refractivity contribution >= 4 is 0 Å². The van der Waals surface area contributed by atoms with Crippen LogP contribution in [0, 0.1) is 11.3 Å². The second kappa shape index (κ2) is 7.49. The van der Waals surface area contributed by atoms with E-state index in [1.54, 1.807) is 0 Å². The summed E-state index contributed by atoms with van der Waals surface area (Å²) in [6.45, 7) is 2.37. The van der Waals surface area contributed by atoms with E-state index in [2.05, 4.69) is 4.74 Å². The Bertz CT molecular complexity index is 201. The molecule has 0 unspecified atom stereocenters. The van der Waals surface area contributed by atoms with Gasteiger partial charge in [0.25, 0.3) is 0 Å². The van der Waals surface area contributed by atoms with Gasteiger partial charge in [0, 0.05) is 13.2 Å². The highest BCUT2D eigenvalue weighted by Gasteiger charge is 2.27. The Morgan fingerprint density at radius 2 is 2.07 bits per heavy atom. The van der Waals surface area contributed by atoms with E-state index in [1.165, 1.54) is 0 Å². The monoisotopic (exact) mass is 224 g/mol. The SMILES string of the molecule is CCN(CC#N)CCCOCC(F)(F)F. The number of alkyl halides is 3. The molecule has 0 saturated carbocycles. The molecule has 0 fully saturated rings. The van der Waals surface area contributed by atoms with Gasteiger partial charge < -0.3 is 4.74 Å². The number of hydrogen-bond acceptors (Lipinski definition) is 3. The Labute approximate surface area is 87.4 Å². The van der Waals surface area contributed by atoms with Gasteiger partial charge in [-0.25, -0.2) is 0 Å². The minimum Gasteiger partial charge on any atom is -0.372 e. The van der Waals surface area contributed by atoms with Crippen molar-refractivity contribution in [1.29, 1.82) is 5.26 Å². The maximum Gasteiger partial charge on any atom is 0.411 e. The fraction of sp³-hybridized carbons (Fsp3) is 0.889. The third kappa shape index (κ3) is 9.50. The lowest BCUT2D eigenvalue weighted by Crippen LogP contribution is -2.26. The number of nitriles is 1. The number of hydrogen-bond donors (Lipinski definition) is 0. The predicted molar refractivity (Wildman–Crippen MR) is 49.2 cm³/mol. The molecule has 0 saturated heterocycles. The van der Waals surface area contributed by atoms with Crippen molar-refractivity contribution in [2.75, 3.05) is 32.8 Å². The second-order valence-corrected chi connectivity index (χ2v) is 3.05. The van der Waals surface area contributed by atoms with Crippen LogP contribution in [-0.4, -0.2) is 43.9 Å². The van der Waals surface area contributed by atoms with Gasteiger partial charge in [0.1, 0.15) is 6.61 Å². The zero-order valence-electron chi connectivity index (χ0n) is 8.68. The first-order valence-electron chi connectivity index (χ1n) is 4.73. The zero-order valence-corrected chi connectivity index (χ0v) is 8.68. The van der Waals surface area contributed by atoms with Crippen LogP contribution in [-0.2, 0) is 4.74 Å². The van der Waals surface area contributed by atoms with Gasteiger partial charge in [-0.2, -0.15) is 18.4 Å². The van der Waals surface area contributed by atoms with Crippen LogP contribution in [0.1, 0.15) is 13.3 Å². The molecule has 0 atom stereocenters. The molecule has 6 heteroatoms. The minimum atomic E-state index is -4.25. The van der Waals surface area contributed by atoms with Gasteiger partial charge in [-0.15, -0.1) is 0 Å². The molecule has 0 radical (unpaired) electrons. The first-order valence-corrected chi connectivity index (χ1v) is 4.73. The second-order valence-electron chi connectivity index (χ2n) is 3.05. The smallest absolute Gasteiger partial charge is 0.372 e. The molecule has 0 bridgehead atoms. The van der Waals surface area contributed by atoms with E-state index in [4.69, 9.17) is 5.26 Å². The minimum absolute atomic E-state index is 0.0709. The lowest BCUT2D eigenvalue weighted by Gasteiger charge is -2.16. The summed E-state index contributed by atoms with van der Waals surface area (Å²) in [4.78, 5) is 1.84. The normalized spacial score (nSPS) is 11.7. The molecule has 88 valence electrons. The van der Waals surface area contributed by atoms with Crippen LogP contribution in [0.3, 0.4) is 0 Å². The average Bonchev–Trinajstić information content (AvgIpc) is 2.14. The molecule has 0 amide bonds.